The van der Waals surface area contributed by atoms with Gasteiger partial charge in [0.1, 0.15) is 18.2 Å². The highest BCUT2D eigenvalue weighted by atomic mass is 16.5. The Morgan fingerprint density at radius 3 is 2.26 bits per heavy atom. The summed E-state index contributed by atoms with van der Waals surface area (Å²) in [4.78, 5) is 12.8. The van der Waals surface area contributed by atoms with Crippen LogP contribution in [0.1, 0.15) is 5.56 Å². The summed E-state index contributed by atoms with van der Waals surface area (Å²) in [7, 11) is 0. The fourth-order valence-corrected chi connectivity index (χ4v) is 4.32. The van der Waals surface area contributed by atoms with E-state index in [1.165, 1.54) is 0 Å². The van der Waals surface area contributed by atoms with Crippen LogP contribution in [-0.2, 0) is 6.61 Å². The third kappa shape index (κ3) is 4.30. The van der Waals surface area contributed by atoms with Gasteiger partial charge in [-0.2, -0.15) is 0 Å². The molecule has 0 aliphatic heterocycles. The van der Waals surface area contributed by atoms with Crippen LogP contribution in [0.3, 0.4) is 0 Å². The number of nitrogens with zero attached hydrogens (tertiary/aromatic N) is 2. The molecular formula is C31H23N3O. The zero-order valence-corrected chi connectivity index (χ0v) is 19.1. The highest BCUT2D eigenvalue weighted by molar-refractivity contribution is 6.00. The molecule has 0 fully saturated rings. The molecule has 0 bridgehead atoms. The van der Waals surface area contributed by atoms with E-state index >= 15 is 0 Å². The van der Waals surface area contributed by atoms with Gasteiger partial charge in [0.25, 0.3) is 0 Å². The number of pyridine rings is 1. The van der Waals surface area contributed by atoms with Crippen LogP contribution in [0.2, 0.25) is 0 Å². The summed E-state index contributed by atoms with van der Waals surface area (Å²) in [5, 5.41) is 2.25. The van der Waals surface area contributed by atoms with Gasteiger partial charge in [-0.3, -0.25) is 4.98 Å². The summed E-state index contributed by atoms with van der Waals surface area (Å²) in [6.07, 6.45) is 3.60. The molecule has 0 amide bonds. The summed E-state index contributed by atoms with van der Waals surface area (Å²) in [6, 6.07) is 37.0. The first-order valence-electron chi connectivity index (χ1n) is 11.6. The van der Waals surface area contributed by atoms with Crippen LogP contribution in [0.4, 0.5) is 0 Å². The van der Waals surface area contributed by atoms with Crippen molar-refractivity contribution in [2.75, 3.05) is 0 Å². The van der Waals surface area contributed by atoms with Gasteiger partial charge < -0.3 is 9.72 Å². The number of H-pyrrole nitrogens is 1. The number of aromatic amines is 1. The predicted molar refractivity (Wildman–Crippen MR) is 141 cm³/mol. The topological polar surface area (TPSA) is 50.8 Å². The molecule has 4 heteroatoms. The van der Waals surface area contributed by atoms with Crippen molar-refractivity contribution in [1.82, 2.24) is 15.0 Å². The van der Waals surface area contributed by atoms with Crippen molar-refractivity contribution in [3.05, 3.63) is 127 Å². The van der Waals surface area contributed by atoms with Crippen LogP contribution in [0, 0.1) is 0 Å². The summed E-state index contributed by atoms with van der Waals surface area (Å²) in [5.41, 5.74) is 6.15. The number of fused-ring (bicyclic) bond motifs is 1. The van der Waals surface area contributed by atoms with Gasteiger partial charge in [0.15, 0.2) is 0 Å². The van der Waals surface area contributed by atoms with Gasteiger partial charge in [-0.15, -0.1) is 0 Å². The summed E-state index contributed by atoms with van der Waals surface area (Å²) >= 11 is 0. The minimum Gasteiger partial charge on any atom is -0.489 e. The van der Waals surface area contributed by atoms with E-state index < -0.39 is 0 Å². The van der Waals surface area contributed by atoms with E-state index in [4.69, 9.17) is 9.72 Å². The first kappa shape index (κ1) is 20.9. The quantitative estimate of drug-likeness (QED) is 0.283. The van der Waals surface area contributed by atoms with Crippen LogP contribution in [0.5, 0.6) is 5.75 Å². The van der Waals surface area contributed by atoms with Crippen molar-refractivity contribution in [3.8, 4) is 39.7 Å². The molecule has 0 saturated heterocycles. The average molecular weight is 454 g/mol. The van der Waals surface area contributed by atoms with Gasteiger partial charge >= 0.3 is 0 Å². The Labute approximate surface area is 203 Å². The van der Waals surface area contributed by atoms with Crippen molar-refractivity contribution in [1.29, 1.82) is 0 Å². The second kappa shape index (κ2) is 9.27. The van der Waals surface area contributed by atoms with Gasteiger partial charge in [-0.05, 0) is 40.6 Å². The number of hydrogen-bond donors (Lipinski definition) is 1. The van der Waals surface area contributed by atoms with E-state index in [1.807, 2.05) is 54.6 Å². The third-order valence-corrected chi connectivity index (χ3v) is 6.08. The Morgan fingerprint density at radius 2 is 1.46 bits per heavy atom. The molecule has 2 heterocycles. The molecule has 0 aliphatic rings. The average Bonchev–Trinajstić information content (AvgIpc) is 3.38. The number of aromatic nitrogens is 3. The van der Waals surface area contributed by atoms with Crippen molar-refractivity contribution >= 4 is 10.8 Å². The standard InChI is InChI=1S/C31H23N3O/c1-3-8-22(9-4-1)21-35-26-15-14-23-12-7-13-27(28(23)20-26)30-29(24-16-18-32-19-17-24)33-31(34-30)25-10-5-2-6-11-25/h1-20H,21H2,(H,33,34). The van der Waals surface area contributed by atoms with E-state index in [0.717, 1.165) is 56.0 Å². The normalized spacial score (nSPS) is 11.0. The van der Waals surface area contributed by atoms with Crippen molar-refractivity contribution in [3.63, 3.8) is 0 Å². The Balaban J connectivity index is 1.47. The molecule has 0 spiro atoms. The Morgan fingerprint density at radius 1 is 0.686 bits per heavy atom. The minimum absolute atomic E-state index is 0.527. The summed E-state index contributed by atoms with van der Waals surface area (Å²) < 4.78 is 6.15. The van der Waals surface area contributed by atoms with Gasteiger partial charge in [-0.1, -0.05) is 84.9 Å². The van der Waals surface area contributed by atoms with Crippen LogP contribution in [0.25, 0.3) is 44.7 Å². The molecule has 168 valence electrons. The minimum atomic E-state index is 0.527. The lowest BCUT2D eigenvalue weighted by Gasteiger charge is -2.11. The smallest absolute Gasteiger partial charge is 0.138 e. The number of benzene rings is 4. The van der Waals surface area contributed by atoms with E-state index in [0.29, 0.717) is 6.61 Å². The van der Waals surface area contributed by atoms with Crippen LogP contribution >= 0.6 is 0 Å². The highest BCUT2D eigenvalue weighted by Crippen LogP contribution is 2.37. The Kier molecular flexibility index (Phi) is 5.53. The molecule has 35 heavy (non-hydrogen) atoms. The predicted octanol–water partition coefficient (Wildman–Crippen LogP) is 7.54. The van der Waals surface area contributed by atoms with Crippen molar-refractivity contribution < 1.29 is 4.74 Å². The fourth-order valence-electron chi connectivity index (χ4n) is 4.32. The lowest BCUT2D eigenvalue weighted by Crippen LogP contribution is -1.95. The number of rotatable bonds is 6. The largest absolute Gasteiger partial charge is 0.489 e. The van der Waals surface area contributed by atoms with E-state index in [2.05, 4.69) is 64.6 Å². The summed E-state index contributed by atoms with van der Waals surface area (Å²) in [5.74, 6) is 1.67. The van der Waals surface area contributed by atoms with E-state index in [1.54, 1.807) is 12.4 Å². The lowest BCUT2D eigenvalue weighted by atomic mass is 9.99. The molecule has 0 unspecified atom stereocenters. The van der Waals surface area contributed by atoms with Gasteiger partial charge in [0.2, 0.25) is 0 Å². The van der Waals surface area contributed by atoms with E-state index in [9.17, 15) is 0 Å². The zero-order chi connectivity index (χ0) is 23.5. The second-order valence-corrected chi connectivity index (χ2v) is 8.37. The molecule has 0 radical (unpaired) electrons. The molecule has 6 aromatic rings. The number of hydrogen-bond acceptors (Lipinski definition) is 3. The second-order valence-electron chi connectivity index (χ2n) is 8.37. The molecule has 4 aromatic carbocycles. The van der Waals surface area contributed by atoms with Gasteiger partial charge in [0, 0.05) is 29.1 Å². The maximum Gasteiger partial charge on any atom is 0.138 e. The van der Waals surface area contributed by atoms with Crippen molar-refractivity contribution in [2.45, 2.75) is 6.61 Å². The third-order valence-electron chi connectivity index (χ3n) is 6.08. The number of nitrogens with one attached hydrogen (secondary N) is 1. The molecule has 4 nitrogen and oxygen atoms in total. The Bertz CT molecular complexity index is 1580. The number of imidazole rings is 1. The highest BCUT2D eigenvalue weighted by Gasteiger charge is 2.17. The molecule has 6 rings (SSSR count). The first-order chi connectivity index (χ1) is 17.3. The lowest BCUT2D eigenvalue weighted by molar-refractivity contribution is 0.306. The maximum absolute atomic E-state index is 6.15. The molecule has 1 N–H and O–H groups in total. The van der Waals surface area contributed by atoms with Crippen LogP contribution in [-0.4, -0.2) is 15.0 Å². The first-order valence-corrected chi connectivity index (χ1v) is 11.6. The molecular weight excluding hydrogens is 430 g/mol. The monoisotopic (exact) mass is 453 g/mol. The maximum atomic E-state index is 6.15. The van der Waals surface area contributed by atoms with Crippen LogP contribution in [0.15, 0.2) is 122 Å². The van der Waals surface area contributed by atoms with E-state index in [-0.39, 0.29) is 0 Å². The van der Waals surface area contributed by atoms with Crippen molar-refractivity contribution in [2.24, 2.45) is 0 Å². The molecule has 0 aliphatic carbocycles. The number of ether oxygens (including phenoxy) is 1. The molecule has 0 saturated carbocycles. The van der Waals surface area contributed by atoms with Crippen LogP contribution < -0.4 is 4.74 Å². The zero-order valence-electron chi connectivity index (χ0n) is 19.1. The molecule has 2 aromatic heterocycles. The van der Waals surface area contributed by atoms with Gasteiger partial charge in [0.05, 0.1) is 11.4 Å². The molecule has 0 atom stereocenters. The SMILES string of the molecule is c1ccc(COc2ccc3cccc(-c4[nH]c(-c5ccccc5)nc4-c4ccncc4)c3c2)cc1. The fraction of sp³-hybridized carbons (Fsp3) is 0.0323. The Hall–Kier alpha value is -4.70. The van der Waals surface area contributed by atoms with Gasteiger partial charge in [-0.25, -0.2) is 4.98 Å². The summed E-state index contributed by atoms with van der Waals surface area (Å²) in [6.45, 7) is 0.527.